The summed E-state index contributed by atoms with van der Waals surface area (Å²) in [6, 6.07) is 3.15. The van der Waals surface area contributed by atoms with Crippen LogP contribution in [0.2, 0.25) is 5.02 Å². The largest absolute Gasteiger partial charge is 0.422 e. The van der Waals surface area contributed by atoms with Gasteiger partial charge in [0.2, 0.25) is 0 Å². The van der Waals surface area contributed by atoms with Gasteiger partial charge in [0.05, 0.1) is 10.9 Å². The zero-order chi connectivity index (χ0) is 12.6. The maximum absolute atomic E-state index is 11.6. The van der Waals surface area contributed by atoms with Gasteiger partial charge in [-0.2, -0.15) is 0 Å². The summed E-state index contributed by atoms with van der Waals surface area (Å²) in [4.78, 5) is 23.2. The maximum Gasteiger partial charge on any atom is 0.422 e. The fraction of sp³-hybridized carbons (Fsp3) is 0.273. The molecule has 0 bridgehead atoms. The number of aromatic nitrogens is 1. The summed E-state index contributed by atoms with van der Waals surface area (Å²) >= 11 is 9.18. The van der Waals surface area contributed by atoms with Crippen LogP contribution in [0.1, 0.15) is 13.3 Å². The molecule has 0 aliphatic heterocycles. The quantitative estimate of drug-likeness (QED) is 0.855. The normalized spacial score (nSPS) is 11.0. The lowest BCUT2D eigenvalue weighted by atomic mass is 10.2. The Morgan fingerprint density at radius 3 is 2.76 bits per heavy atom. The highest BCUT2D eigenvalue weighted by Crippen LogP contribution is 2.25. The fourth-order valence-corrected chi connectivity index (χ4v) is 2.73. The van der Waals surface area contributed by atoms with Crippen molar-refractivity contribution in [2.75, 3.05) is 0 Å². The third kappa shape index (κ3) is 2.17. The first-order valence-corrected chi connectivity index (χ1v) is 6.24. The first-order chi connectivity index (χ1) is 8.04. The van der Waals surface area contributed by atoms with E-state index in [0.29, 0.717) is 26.9 Å². The molecule has 0 radical (unpaired) electrons. The Balaban J connectivity index is 3.00. The molecule has 6 heteroatoms. The summed E-state index contributed by atoms with van der Waals surface area (Å²) in [6.07, 6.45) is 0.762. The number of hydrogen-bond donors (Lipinski definition) is 0. The monoisotopic (exact) mass is 317 g/mol. The van der Waals surface area contributed by atoms with Crippen LogP contribution in [0.5, 0.6) is 0 Å². The first kappa shape index (κ1) is 12.4. The van der Waals surface area contributed by atoms with Gasteiger partial charge in [-0.3, -0.25) is 4.57 Å². The number of nitrogens with zero attached hydrogens (tertiary/aromatic N) is 1. The van der Waals surface area contributed by atoms with Gasteiger partial charge in [0.15, 0.2) is 0 Å². The number of benzene rings is 1. The van der Waals surface area contributed by atoms with Crippen LogP contribution >= 0.6 is 27.5 Å². The lowest BCUT2D eigenvalue weighted by molar-refractivity contribution is 0.415. The maximum atomic E-state index is 11.6. The van der Waals surface area contributed by atoms with E-state index in [1.807, 2.05) is 6.92 Å². The average Bonchev–Trinajstić information content (AvgIpc) is 2.24. The Hall–Kier alpha value is -1.07. The van der Waals surface area contributed by atoms with Crippen molar-refractivity contribution in [2.24, 2.45) is 0 Å². The Labute approximate surface area is 110 Å². The van der Waals surface area contributed by atoms with Crippen molar-refractivity contribution in [3.8, 4) is 0 Å². The molecule has 0 saturated heterocycles. The molecule has 0 aliphatic carbocycles. The van der Waals surface area contributed by atoms with E-state index in [4.69, 9.17) is 11.6 Å². The van der Waals surface area contributed by atoms with E-state index in [1.54, 1.807) is 6.07 Å². The zero-order valence-electron chi connectivity index (χ0n) is 9.00. The molecule has 90 valence electrons. The second kappa shape index (κ2) is 4.66. The molecule has 0 amide bonds. The van der Waals surface area contributed by atoms with Gasteiger partial charge in [0.25, 0.3) is 0 Å². The molecular weight excluding hydrogens is 309 g/mol. The second-order valence-electron chi connectivity index (χ2n) is 3.59. The lowest BCUT2D eigenvalue weighted by Crippen LogP contribution is -2.25. The average molecular weight is 319 g/mol. The van der Waals surface area contributed by atoms with Crippen LogP contribution in [0.25, 0.3) is 10.9 Å². The van der Waals surface area contributed by atoms with E-state index in [1.165, 1.54) is 10.6 Å². The number of halogens is 2. The smallest absolute Gasteiger partial charge is 0.372 e. The van der Waals surface area contributed by atoms with Gasteiger partial charge in [-0.15, -0.1) is 0 Å². The predicted octanol–water partition coefficient (Wildman–Crippen LogP) is 2.78. The van der Waals surface area contributed by atoms with Crippen LogP contribution in [-0.4, -0.2) is 4.57 Å². The number of rotatable bonds is 2. The van der Waals surface area contributed by atoms with Crippen molar-refractivity contribution in [3.05, 3.63) is 42.6 Å². The number of fused-ring (bicyclic) bond motifs is 1. The predicted molar refractivity (Wildman–Crippen MR) is 69.7 cm³/mol. The minimum atomic E-state index is -0.666. The molecule has 0 N–H and O–H groups in total. The van der Waals surface area contributed by atoms with Gasteiger partial charge in [-0.05, 0) is 34.5 Å². The van der Waals surface area contributed by atoms with Gasteiger partial charge >= 0.3 is 11.4 Å². The molecule has 0 fully saturated rings. The third-order valence-corrected chi connectivity index (χ3v) is 3.19. The SMILES string of the molecule is CCCn1c(=O)oc(=O)c2cc(Cl)cc(Br)c21. The Morgan fingerprint density at radius 2 is 2.12 bits per heavy atom. The fourth-order valence-electron chi connectivity index (χ4n) is 1.70. The van der Waals surface area contributed by atoms with Crippen LogP contribution in [0.3, 0.4) is 0 Å². The molecule has 0 spiro atoms. The summed E-state index contributed by atoms with van der Waals surface area (Å²) in [5.41, 5.74) is -0.141. The van der Waals surface area contributed by atoms with Crippen molar-refractivity contribution in [2.45, 2.75) is 19.9 Å². The van der Waals surface area contributed by atoms with E-state index >= 15 is 0 Å². The Bertz CT molecular complexity index is 689. The van der Waals surface area contributed by atoms with E-state index in [9.17, 15) is 9.59 Å². The van der Waals surface area contributed by atoms with Gasteiger partial charge < -0.3 is 4.42 Å². The highest BCUT2D eigenvalue weighted by Gasteiger charge is 2.12. The summed E-state index contributed by atoms with van der Waals surface area (Å²) in [7, 11) is 0. The van der Waals surface area contributed by atoms with E-state index < -0.39 is 11.4 Å². The van der Waals surface area contributed by atoms with Crippen molar-refractivity contribution in [1.29, 1.82) is 0 Å². The van der Waals surface area contributed by atoms with Crippen LogP contribution < -0.4 is 11.4 Å². The minimum absolute atomic E-state index is 0.303. The highest BCUT2D eigenvalue weighted by atomic mass is 79.9. The third-order valence-electron chi connectivity index (χ3n) is 2.37. The van der Waals surface area contributed by atoms with E-state index in [-0.39, 0.29) is 0 Å². The molecule has 4 nitrogen and oxygen atoms in total. The number of hydrogen-bond acceptors (Lipinski definition) is 3. The standard InChI is InChI=1S/C11H9BrClNO3/c1-2-3-14-9-7(10(15)17-11(14)16)4-6(13)5-8(9)12/h4-5H,2-3H2,1H3. The van der Waals surface area contributed by atoms with E-state index in [0.717, 1.165) is 6.42 Å². The zero-order valence-corrected chi connectivity index (χ0v) is 11.3. The Kier molecular flexibility index (Phi) is 3.40. The summed E-state index contributed by atoms with van der Waals surface area (Å²) in [5, 5.41) is 0.718. The molecule has 0 atom stereocenters. The molecule has 2 aromatic rings. The van der Waals surface area contributed by atoms with Gasteiger partial charge in [0, 0.05) is 16.0 Å². The highest BCUT2D eigenvalue weighted by molar-refractivity contribution is 9.10. The molecule has 1 aromatic carbocycles. The Morgan fingerprint density at radius 1 is 1.41 bits per heavy atom. The summed E-state index contributed by atoms with van der Waals surface area (Å²) in [6.45, 7) is 2.42. The first-order valence-electron chi connectivity index (χ1n) is 5.07. The van der Waals surface area contributed by atoms with Crippen LogP contribution in [-0.2, 0) is 6.54 Å². The molecule has 17 heavy (non-hydrogen) atoms. The lowest BCUT2D eigenvalue weighted by Gasteiger charge is -2.08. The van der Waals surface area contributed by atoms with Crippen molar-refractivity contribution in [1.82, 2.24) is 4.57 Å². The van der Waals surface area contributed by atoms with Crippen molar-refractivity contribution < 1.29 is 4.42 Å². The second-order valence-corrected chi connectivity index (χ2v) is 4.88. The van der Waals surface area contributed by atoms with Gasteiger partial charge in [-0.1, -0.05) is 18.5 Å². The van der Waals surface area contributed by atoms with Crippen molar-refractivity contribution in [3.63, 3.8) is 0 Å². The van der Waals surface area contributed by atoms with Gasteiger partial charge in [0.1, 0.15) is 0 Å². The molecule has 0 unspecified atom stereocenters. The summed E-state index contributed by atoms with van der Waals surface area (Å²) in [5.74, 6) is -0.646. The van der Waals surface area contributed by atoms with Crippen LogP contribution in [0.15, 0.2) is 30.6 Å². The summed E-state index contributed by atoms with van der Waals surface area (Å²) < 4.78 is 6.69. The van der Waals surface area contributed by atoms with Crippen LogP contribution in [0.4, 0.5) is 0 Å². The topological polar surface area (TPSA) is 52.2 Å². The van der Waals surface area contributed by atoms with E-state index in [2.05, 4.69) is 20.3 Å². The van der Waals surface area contributed by atoms with Crippen molar-refractivity contribution >= 4 is 38.4 Å². The molecule has 2 rings (SSSR count). The van der Waals surface area contributed by atoms with Gasteiger partial charge in [-0.25, -0.2) is 9.59 Å². The minimum Gasteiger partial charge on any atom is -0.372 e. The number of aryl methyl sites for hydroxylation is 1. The molecule has 0 aliphatic rings. The molecular formula is C11H9BrClNO3. The molecule has 1 heterocycles. The molecule has 0 saturated carbocycles. The van der Waals surface area contributed by atoms with Crippen LogP contribution in [0, 0.1) is 0 Å². The molecule has 1 aromatic heterocycles.